The van der Waals surface area contributed by atoms with Gasteiger partial charge in [0.2, 0.25) is 5.91 Å². The fourth-order valence-corrected chi connectivity index (χ4v) is 2.82. The maximum absolute atomic E-state index is 12.2. The standard InChI is InChI=1S/C15H23N3O2/c1-12-7-16-17(8-12)9-14-3-2-6-18(14)15(19)11-20-10-13-4-5-13/h7-8,13-14H,2-6,9-11H2,1H3/t14-/m1/s1. The lowest BCUT2D eigenvalue weighted by molar-refractivity contribution is -0.137. The number of hydrogen-bond acceptors (Lipinski definition) is 3. The number of aromatic nitrogens is 2. The van der Waals surface area contributed by atoms with Crippen LogP contribution in [-0.2, 0) is 16.1 Å². The van der Waals surface area contributed by atoms with E-state index in [4.69, 9.17) is 4.74 Å². The Balaban J connectivity index is 1.49. The quantitative estimate of drug-likeness (QED) is 0.793. The van der Waals surface area contributed by atoms with Crippen LogP contribution in [0.5, 0.6) is 0 Å². The Kier molecular flexibility index (Phi) is 4.05. The van der Waals surface area contributed by atoms with E-state index in [2.05, 4.69) is 5.10 Å². The van der Waals surface area contributed by atoms with Crippen LogP contribution in [0.15, 0.2) is 12.4 Å². The summed E-state index contributed by atoms with van der Waals surface area (Å²) in [7, 11) is 0. The molecule has 2 heterocycles. The summed E-state index contributed by atoms with van der Waals surface area (Å²) >= 11 is 0. The van der Waals surface area contributed by atoms with E-state index < -0.39 is 0 Å². The Bertz CT molecular complexity index is 467. The van der Waals surface area contributed by atoms with Crippen molar-refractivity contribution in [1.82, 2.24) is 14.7 Å². The zero-order valence-corrected chi connectivity index (χ0v) is 12.1. The Morgan fingerprint density at radius 3 is 3.00 bits per heavy atom. The fourth-order valence-electron chi connectivity index (χ4n) is 2.82. The predicted molar refractivity (Wildman–Crippen MR) is 75.2 cm³/mol. The first-order valence-corrected chi connectivity index (χ1v) is 7.58. The molecule has 110 valence electrons. The molecule has 0 N–H and O–H groups in total. The van der Waals surface area contributed by atoms with Gasteiger partial charge in [-0.1, -0.05) is 0 Å². The summed E-state index contributed by atoms with van der Waals surface area (Å²) in [6, 6.07) is 0.270. The largest absolute Gasteiger partial charge is 0.371 e. The van der Waals surface area contributed by atoms with Crippen molar-refractivity contribution >= 4 is 5.91 Å². The third-order valence-electron chi connectivity index (χ3n) is 4.13. The van der Waals surface area contributed by atoms with Crippen LogP contribution < -0.4 is 0 Å². The van der Waals surface area contributed by atoms with Crippen LogP contribution in [-0.4, -0.2) is 46.4 Å². The van der Waals surface area contributed by atoms with E-state index in [1.165, 1.54) is 12.8 Å². The molecule has 0 spiro atoms. The zero-order chi connectivity index (χ0) is 13.9. The van der Waals surface area contributed by atoms with Crippen LogP contribution >= 0.6 is 0 Å². The normalized spacial score (nSPS) is 22.4. The van der Waals surface area contributed by atoms with Gasteiger partial charge in [0.1, 0.15) is 6.61 Å². The molecule has 1 saturated carbocycles. The minimum atomic E-state index is 0.136. The molecule has 1 aliphatic heterocycles. The topological polar surface area (TPSA) is 47.4 Å². The number of amides is 1. The molecule has 0 aromatic carbocycles. The molecule has 0 bridgehead atoms. The summed E-state index contributed by atoms with van der Waals surface area (Å²) in [5.41, 5.74) is 1.16. The van der Waals surface area contributed by atoms with Crippen LogP contribution in [0.25, 0.3) is 0 Å². The van der Waals surface area contributed by atoms with Crippen LogP contribution in [0.1, 0.15) is 31.2 Å². The molecule has 0 radical (unpaired) electrons. The maximum Gasteiger partial charge on any atom is 0.248 e. The number of rotatable bonds is 6. The summed E-state index contributed by atoms with van der Waals surface area (Å²) in [5.74, 6) is 0.848. The van der Waals surface area contributed by atoms with Crippen LogP contribution in [0.2, 0.25) is 0 Å². The van der Waals surface area contributed by atoms with E-state index in [1.807, 2.05) is 28.9 Å². The highest BCUT2D eigenvalue weighted by atomic mass is 16.5. The van der Waals surface area contributed by atoms with Gasteiger partial charge in [-0.25, -0.2) is 0 Å². The molecule has 1 amide bonds. The van der Waals surface area contributed by atoms with Crippen molar-refractivity contribution in [3.8, 4) is 0 Å². The molecule has 0 unspecified atom stereocenters. The van der Waals surface area contributed by atoms with E-state index in [0.717, 1.165) is 38.1 Å². The van der Waals surface area contributed by atoms with Gasteiger partial charge in [0.25, 0.3) is 0 Å². The summed E-state index contributed by atoms with van der Waals surface area (Å²) < 4.78 is 7.46. The number of carbonyl (C=O) groups excluding carboxylic acids is 1. The highest BCUT2D eigenvalue weighted by molar-refractivity contribution is 5.78. The first-order chi connectivity index (χ1) is 9.72. The first-order valence-electron chi connectivity index (χ1n) is 7.58. The second kappa shape index (κ2) is 5.95. The average Bonchev–Trinajstić information content (AvgIpc) is 2.97. The van der Waals surface area contributed by atoms with Crippen molar-refractivity contribution in [3.63, 3.8) is 0 Å². The van der Waals surface area contributed by atoms with Crippen LogP contribution in [0.4, 0.5) is 0 Å². The van der Waals surface area contributed by atoms with Crippen molar-refractivity contribution < 1.29 is 9.53 Å². The Labute approximate surface area is 119 Å². The number of likely N-dealkylation sites (tertiary alicyclic amines) is 1. The van der Waals surface area contributed by atoms with E-state index in [0.29, 0.717) is 5.92 Å². The number of nitrogens with zero attached hydrogens (tertiary/aromatic N) is 3. The van der Waals surface area contributed by atoms with Gasteiger partial charge in [0.15, 0.2) is 0 Å². The fraction of sp³-hybridized carbons (Fsp3) is 0.733. The zero-order valence-electron chi connectivity index (χ0n) is 12.1. The number of ether oxygens (including phenoxy) is 1. The number of hydrogen-bond donors (Lipinski definition) is 0. The molecule has 1 aromatic rings. The summed E-state index contributed by atoms with van der Waals surface area (Å²) in [4.78, 5) is 14.2. The maximum atomic E-state index is 12.2. The summed E-state index contributed by atoms with van der Waals surface area (Å²) in [6.45, 7) is 4.68. The molecule has 3 rings (SSSR count). The van der Waals surface area contributed by atoms with Gasteiger partial charge in [-0.15, -0.1) is 0 Å². The summed E-state index contributed by atoms with van der Waals surface area (Å²) in [5, 5.41) is 4.31. The van der Waals surface area contributed by atoms with Crippen molar-refractivity contribution in [1.29, 1.82) is 0 Å². The minimum absolute atomic E-state index is 0.136. The molecule has 2 fully saturated rings. The van der Waals surface area contributed by atoms with E-state index >= 15 is 0 Å². The highest BCUT2D eigenvalue weighted by Crippen LogP contribution is 2.28. The van der Waals surface area contributed by atoms with Crippen LogP contribution in [0, 0.1) is 12.8 Å². The lowest BCUT2D eigenvalue weighted by Gasteiger charge is -2.24. The SMILES string of the molecule is Cc1cnn(C[C@H]2CCCN2C(=O)COCC2CC2)c1. The second-order valence-electron chi connectivity index (χ2n) is 6.08. The monoisotopic (exact) mass is 277 g/mol. The molecule has 1 aliphatic carbocycles. The van der Waals surface area contributed by atoms with E-state index in [1.54, 1.807) is 0 Å². The first kappa shape index (κ1) is 13.6. The van der Waals surface area contributed by atoms with Gasteiger partial charge in [0, 0.05) is 12.7 Å². The second-order valence-corrected chi connectivity index (χ2v) is 6.08. The average molecular weight is 277 g/mol. The third-order valence-corrected chi connectivity index (χ3v) is 4.13. The third kappa shape index (κ3) is 3.39. The molecule has 20 heavy (non-hydrogen) atoms. The van der Waals surface area contributed by atoms with Gasteiger partial charge in [-0.05, 0) is 44.1 Å². The smallest absolute Gasteiger partial charge is 0.248 e. The van der Waals surface area contributed by atoms with Crippen molar-refractivity contribution in [2.75, 3.05) is 19.8 Å². The van der Waals surface area contributed by atoms with Gasteiger partial charge in [-0.3, -0.25) is 9.48 Å². The van der Waals surface area contributed by atoms with Gasteiger partial charge >= 0.3 is 0 Å². The molecular weight excluding hydrogens is 254 g/mol. The van der Waals surface area contributed by atoms with Gasteiger partial charge < -0.3 is 9.64 Å². The Morgan fingerprint density at radius 2 is 2.30 bits per heavy atom. The van der Waals surface area contributed by atoms with Gasteiger partial charge in [0.05, 0.1) is 25.4 Å². The molecule has 1 atom stereocenters. The number of carbonyl (C=O) groups is 1. The Morgan fingerprint density at radius 1 is 1.45 bits per heavy atom. The van der Waals surface area contributed by atoms with Crippen LogP contribution in [0.3, 0.4) is 0 Å². The Hall–Kier alpha value is -1.36. The lowest BCUT2D eigenvalue weighted by Crippen LogP contribution is -2.40. The molecule has 2 aliphatic rings. The van der Waals surface area contributed by atoms with Gasteiger partial charge in [-0.2, -0.15) is 5.10 Å². The van der Waals surface area contributed by atoms with Crippen molar-refractivity contribution in [2.24, 2.45) is 5.92 Å². The minimum Gasteiger partial charge on any atom is -0.371 e. The molecule has 1 aromatic heterocycles. The molecule has 1 saturated heterocycles. The van der Waals surface area contributed by atoms with E-state index in [9.17, 15) is 4.79 Å². The lowest BCUT2D eigenvalue weighted by atomic mass is 10.2. The predicted octanol–water partition coefficient (Wildman–Crippen LogP) is 1.61. The molecule has 5 nitrogen and oxygen atoms in total. The van der Waals surface area contributed by atoms with E-state index in [-0.39, 0.29) is 18.6 Å². The van der Waals surface area contributed by atoms with Crippen molar-refractivity contribution in [3.05, 3.63) is 18.0 Å². The molecule has 5 heteroatoms. The van der Waals surface area contributed by atoms with Crippen molar-refractivity contribution in [2.45, 2.75) is 45.2 Å². The summed E-state index contributed by atoms with van der Waals surface area (Å²) in [6.07, 6.45) is 8.56. The highest BCUT2D eigenvalue weighted by Gasteiger charge is 2.29. The number of aryl methyl sites for hydroxylation is 1. The molecular formula is C15H23N3O2.